The Kier molecular flexibility index (Phi) is 5.99. The van der Waals surface area contributed by atoms with Gasteiger partial charge in [0.25, 0.3) is 0 Å². The van der Waals surface area contributed by atoms with Crippen molar-refractivity contribution in [3.8, 4) is 0 Å². The van der Waals surface area contributed by atoms with Crippen molar-refractivity contribution in [3.05, 3.63) is 48.6 Å². The highest BCUT2D eigenvalue weighted by Gasteiger charge is 2.14. The summed E-state index contributed by atoms with van der Waals surface area (Å²) in [5, 5.41) is 3.69. The van der Waals surface area contributed by atoms with E-state index in [9.17, 15) is 0 Å². The maximum atomic E-state index is 3.80. The smallest absolute Gasteiger partial charge is 0.0325 e. The van der Waals surface area contributed by atoms with Gasteiger partial charge in [-0.15, -0.1) is 6.58 Å². The summed E-state index contributed by atoms with van der Waals surface area (Å²) in [4.78, 5) is 0. The molecule has 0 amide bonds. The highest BCUT2D eigenvalue weighted by Crippen LogP contribution is 2.22. The second-order valence-corrected chi connectivity index (χ2v) is 5.18. The molecule has 17 heavy (non-hydrogen) atoms. The largest absolute Gasteiger partial charge is 0.307 e. The molecule has 0 aromatic heterocycles. The third-order valence-corrected chi connectivity index (χ3v) is 2.91. The summed E-state index contributed by atoms with van der Waals surface area (Å²) in [5.74, 6) is 0.698. The van der Waals surface area contributed by atoms with Crippen LogP contribution in [-0.2, 0) is 0 Å². The first-order valence-electron chi connectivity index (χ1n) is 6.55. The number of hydrogen-bond donors (Lipinski definition) is 1. The Balaban J connectivity index is 2.70. The first-order valence-corrected chi connectivity index (χ1v) is 6.55. The van der Waals surface area contributed by atoms with Crippen molar-refractivity contribution in [1.82, 2.24) is 5.32 Å². The van der Waals surface area contributed by atoms with Gasteiger partial charge in [-0.3, -0.25) is 0 Å². The SMILES string of the molecule is C=CCC(C)NC(CC(C)C)c1ccccc1. The van der Waals surface area contributed by atoms with Crippen LogP contribution in [0.5, 0.6) is 0 Å². The first kappa shape index (κ1) is 14.0. The molecule has 1 rings (SSSR count). The average molecular weight is 231 g/mol. The van der Waals surface area contributed by atoms with Gasteiger partial charge < -0.3 is 5.32 Å². The summed E-state index contributed by atoms with van der Waals surface area (Å²) < 4.78 is 0. The third kappa shape index (κ3) is 5.18. The van der Waals surface area contributed by atoms with Gasteiger partial charge in [0.05, 0.1) is 0 Å². The molecule has 0 bridgehead atoms. The summed E-state index contributed by atoms with van der Waals surface area (Å²) >= 11 is 0. The van der Waals surface area contributed by atoms with Crippen LogP contribution in [0.3, 0.4) is 0 Å². The molecule has 0 saturated heterocycles. The zero-order chi connectivity index (χ0) is 12.7. The van der Waals surface area contributed by atoms with Crippen LogP contribution in [0, 0.1) is 5.92 Å². The molecule has 2 unspecified atom stereocenters. The summed E-state index contributed by atoms with van der Waals surface area (Å²) in [7, 11) is 0. The molecule has 1 aromatic carbocycles. The Hall–Kier alpha value is -1.08. The van der Waals surface area contributed by atoms with E-state index in [2.05, 4.69) is 63.0 Å². The number of nitrogens with one attached hydrogen (secondary N) is 1. The zero-order valence-corrected chi connectivity index (χ0v) is 11.3. The molecule has 1 heteroatoms. The fraction of sp³-hybridized carbons (Fsp3) is 0.500. The minimum atomic E-state index is 0.450. The van der Waals surface area contributed by atoms with E-state index in [1.807, 2.05) is 6.08 Å². The maximum Gasteiger partial charge on any atom is 0.0325 e. The molecule has 2 atom stereocenters. The molecular weight excluding hydrogens is 206 g/mol. The van der Waals surface area contributed by atoms with Gasteiger partial charge in [-0.2, -0.15) is 0 Å². The Morgan fingerprint density at radius 3 is 2.35 bits per heavy atom. The Bertz CT molecular complexity index is 316. The van der Waals surface area contributed by atoms with Gasteiger partial charge >= 0.3 is 0 Å². The van der Waals surface area contributed by atoms with E-state index in [0.29, 0.717) is 18.0 Å². The molecular formula is C16H25N. The minimum Gasteiger partial charge on any atom is -0.307 e. The van der Waals surface area contributed by atoms with Gasteiger partial charge in [0.15, 0.2) is 0 Å². The highest BCUT2D eigenvalue weighted by molar-refractivity contribution is 5.19. The van der Waals surface area contributed by atoms with Gasteiger partial charge in [0.1, 0.15) is 0 Å². The lowest BCUT2D eigenvalue weighted by Crippen LogP contribution is -2.31. The van der Waals surface area contributed by atoms with Crippen LogP contribution in [0.2, 0.25) is 0 Å². The lowest BCUT2D eigenvalue weighted by molar-refractivity contribution is 0.390. The van der Waals surface area contributed by atoms with Crippen LogP contribution in [0.25, 0.3) is 0 Å². The lowest BCUT2D eigenvalue weighted by Gasteiger charge is -2.24. The molecule has 0 spiro atoms. The van der Waals surface area contributed by atoms with Crippen molar-refractivity contribution in [1.29, 1.82) is 0 Å². The average Bonchev–Trinajstić information content (AvgIpc) is 2.29. The summed E-state index contributed by atoms with van der Waals surface area (Å²) in [5.41, 5.74) is 1.39. The predicted octanol–water partition coefficient (Wildman–Crippen LogP) is 4.33. The van der Waals surface area contributed by atoms with Gasteiger partial charge in [0, 0.05) is 12.1 Å². The van der Waals surface area contributed by atoms with E-state index in [0.717, 1.165) is 6.42 Å². The summed E-state index contributed by atoms with van der Waals surface area (Å²) in [6, 6.07) is 11.7. The van der Waals surface area contributed by atoms with E-state index in [4.69, 9.17) is 0 Å². The van der Waals surface area contributed by atoms with Crippen molar-refractivity contribution < 1.29 is 0 Å². The predicted molar refractivity (Wildman–Crippen MR) is 76.0 cm³/mol. The van der Waals surface area contributed by atoms with Crippen LogP contribution in [0.15, 0.2) is 43.0 Å². The number of benzene rings is 1. The van der Waals surface area contributed by atoms with Crippen molar-refractivity contribution in [3.63, 3.8) is 0 Å². The van der Waals surface area contributed by atoms with E-state index < -0.39 is 0 Å². The summed E-state index contributed by atoms with van der Waals surface area (Å²) in [6.07, 6.45) is 4.17. The second-order valence-electron chi connectivity index (χ2n) is 5.18. The van der Waals surface area contributed by atoms with Crippen molar-refractivity contribution in [2.24, 2.45) is 5.92 Å². The second kappa shape index (κ2) is 7.29. The van der Waals surface area contributed by atoms with Gasteiger partial charge in [-0.25, -0.2) is 0 Å². The van der Waals surface area contributed by atoms with E-state index in [-0.39, 0.29) is 0 Å². The Labute approximate surface area is 106 Å². The molecule has 0 aliphatic carbocycles. The lowest BCUT2D eigenvalue weighted by atomic mass is 9.96. The fourth-order valence-corrected chi connectivity index (χ4v) is 2.12. The van der Waals surface area contributed by atoms with Gasteiger partial charge in [0.2, 0.25) is 0 Å². The normalized spacial score (nSPS) is 14.6. The minimum absolute atomic E-state index is 0.450. The van der Waals surface area contributed by atoms with E-state index >= 15 is 0 Å². The van der Waals surface area contributed by atoms with Crippen LogP contribution in [-0.4, -0.2) is 6.04 Å². The molecule has 0 heterocycles. The molecule has 0 radical (unpaired) electrons. The Morgan fingerprint density at radius 2 is 1.82 bits per heavy atom. The molecule has 0 fully saturated rings. The van der Waals surface area contributed by atoms with Crippen LogP contribution in [0.4, 0.5) is 0 Å². The van der Waals surface area contributed by atoms with E-state index in [1.165, 1.54) is 12.0 Å². The van der Waals surface area contributed by atoms with Gasteiger partial charge in [-0.1, -0.05) is 50.3 Å². The fourth-order valence-electron chi connectivity index (χ4n) is 2.12. The van der Waals surface area contributed by atoms with Crippen molar-refractivity contribution in [2.45, 2.75) is 45.7 Å². The third-order valence-electron chi connectivity index (χ3n) is 2.91. The quantitative estimate of drug-likeness (QED) is 0.689. The first-order chi connectivity index (χ1) is 8.13. The van der Waals surface area contributed by atoms with Gasteiger partial charge in [-0.05, 0) is 31.2 Å². The molecule has 1 aromatic rings. The van der Waals surface area contributed by atoms with E-state index in [1.54, 1.807) is 0 Å². The van der Waals surface area contributed by atoms with Crippen LogP contribution < -0.4 is 5.32 Å². The molecule has 0 aliphatic heterocycles. The Morgan fingerprint density at radius 1 is 1.18 bits per heavy atom. The van der Waals surface area contributed by atoms with Crippen molar-refractivity contribution >= 4 is 0 Å². The molecule has 94 valence electrons. The zero-order valence-electron chi connectivity index (χ0n) is 11.3. The molecule has 0 saturated carbocycles. The monoisotopic (exact) mass is 231 g/mol. The molecule has 1 N–H and O–H groups in total. The van der Waals surface area contributed by atoms with Crippen LogP contribution in [0.1, 0.15) is 45.2 Å². The maximum absolute atomic E-state index is 3.80. The number of hydrogen-bond acceptors (Lipinski definition) is 1. The topological polar surface area (TPSA) is 12.0 Å². The number of rotatable bonds is 7. The van der Waals surface area contributed by atoms with Crippen molar-refractivity contribution in [2.75, 3.05) is 0 Å². The summed E-state index contributed by atoms with van der Waals surface area (Å²) in [6.45, 7) is 10.6. The standard InChI is InChI=1S/C16H25N/c1-5-9-14(4)17-16(12-13(2)3)15-10-7-6-8-11-15/h5-8,10-11,13-14,16-17H,1,9,12H2,2-4H3. The molecule has 0 aliphatic rings. The molecule has 1 nitrogen and oxygen atoms in total. The van der Waals surface area contributed by atoms with Crippen LogP contribution >= 0.6 is 0 Å². The highest BCUT2D eigenvalue weighted by atomic mass is 14.9.